The molecule has 0 aliphatic carbocycles. The summed E-state index contributed by atoms with van der Waals surface area (Å²) in [4.78, 5) is 10.6. The molecule has 0 saturated carbocycles. The molecular weight excluding hydrogens is 376 g/mol. The molecule has 2 aromatic rings. The highest BCUT2D eigenvalue weighted by Crippen LogP contribution is 2.28. The summed E-state index contributed by atoms with van der Waals surface area (Å²) in [6.45, 7) is 0.530. The van der Waals surface area contributed by atoms with E-state index in [1.54, 1.807) is 12.1 Å². The predicted octanol–water partition coefficient (Wildman–Crippen LogP) is 4.73. The van der Waals surface area contributed by atoms with Crippen LogP contribution < -0.4 is 5.32 Å². The number of nitrogens with zero attached hydrogens (tertiary/aromatic N) is 1. The van der Waals surface area contributed by atoms with Crippen molar-refractivity contribution in [1.82, 2.24) is 0 Å². The lowest BCUT2D eigenvalue weighted by molar-refractivity contribution is -0.384. The fourth-order valence-electron chi connectivity index (χ4n) is 1.65. The van der Waals surface area contributed by atoms with Crippen LogP contribution >= 0.6 is 31.9 Å². The lowest BCUT2D eigenvalue weighted by Gasteiger charge is -2.08. The monoisotopic (exact) mass is 384 g/mol. The number of nitrogens with one attached hydrogen (secondary N) is 1. The molecule has 0 fully saturated rings. The third-order valence-corrected chi connectivity index (χ3v) is 3.51. The zero-order valence-electron chi connectivity index (χ0n) is 9.77. The molecule has 19 heavy (non-hydrogen) atoms. The van der Waals surface area contributed by atoms with Gasteiger partial charge < -0.3 is 5.32 Å². The molecule has 0 amide bonds. The molecule has 2 rings (SSSR count). The van der Waals surface area contributed by atoms with E-state index in [1.807, 2.05) is 24.3 Å². The zero-order chi connectivity index (χ0) is 13.8. The number of halogens is 2. The SMILES string of the molecule is O=[N+]([O-])c1cc(Br)ccc1NCc1cccc(Br)c1. The number of nitro benzene ring substituents is 1. The highest BCUT2D eigenvalue weighted by atomic mass is 79.9. The van der Waals surface area contributed by atoms with E-state index in [2.05, 4.69) is 37.2 Å². The van der Waals surface area contributed by atoms with Gasteiger partial charge in [0.05, 0.1) is 4.92 Å². The van der Waals surface area contributed by atoms with Crippen LogP contribution in [-0.2, 0) is 6.54 Å². The van der Waals surface area contributed by atoms with Gasteiger partial charge in [-0.1, -0.05) is 44.0 Å². The Kier molecular flexibility index (Phi) is 4.55. The fourth-order valence-corrected chi connectivity index (χ4v) is 2.45. The molecule has 6 heteroatoms. The van der Waals surface area contributed by atoms with E-state index in [-0.39, 0.29) is 5.69 Å². The Morgan fingerprint density at radius 2 is 1.84 bits per heavy atom. The number of anilines is 1. The van der Waals surface area contributed by atoms with E-state index in [4.69, 9.17) is 0 Å². The Bertz CT molecular complexity index is 617. The molecule has 0 aliphatic rings. The maximum atomic E-state index is 11.0. The van der Waals surface area contributed by atoms with Gasteiger partial charge in [0.2, 0.25) is 0 Å². The summed E-state index contributed by atoms with van der Waals surface area (Å²) in [5.41, 5.74) is 1.61. The lowest BCUT2D eigenvalue weighted by atomic mass is 10.2. The summed E-state index contributed by atoms with van der Waals surface area (Å²) in [6.07, 6.45) is 0. The average Bonchev–Trinajstić information content (AvgIpc) is 2.37. The second kappa shape index (κ2) is 6.16. The Balaban J connectivity index is 2.17. The number of rotatable bonds is 4. The van der Waals surface area contributed by atoms with Crippen LogP contribution in [0, 0.1) is 10.1 Å². The molecule has 0 atom stereocenters. The minimum Gasteiger partial charge on any atom is -0.375 e. The van der Waals surface area contributed by atoms with Crippen LogP contribution in [0.25, 0.3) is 0 Å². The molecule has 0 aromatic heterocycles. The third kappa shape index (κ3) is 3.78. The lowest BCUT2D eigenvalue weighted by Crippen LogP contribution is -2.02. The van der Waals surface area contributed by atoms with Crippen LogP contribution in [0.1, 0.15) is 5.56 Å². The molecule has 0 spiro atoms. The van der Waals surface area contributed by atoms with Gasteiger partial charge in [-0.15, -0.1) is 0 Å². The normalized spacial score (nSPS) is 10.2. The molecule has 0 saturated heterocycles. The molecule has 0 bridgehead atoms. The summed E-state index contributed by atoms with van der Waals surface area (Å²) in [6, 6.07) is 12.8. The third-order valence-electron chi connectivity index (χ3n) is 2.53. The number of benzene rings is 2. The Hall–Kier alpha value is -1.40. The zero-order valence-corrected chi connectivity index (χ0v) is 12.9. The maximum Gasteiger partial charge on any atom is 0.293 e. The van der Waals surface area contributed by atoms with Crippen LogP contribution in [0.15, 0.2) is 51.4 Å². The topological polar surface area (TPSA) is 55.2 Å². The highest BCUT2D eigenvalue weighted by molar-refractivity contribution is 9.10. The highest BCUT2D eigenvalue weighted by Gasteiger charge is 2.13. The number of nitro groups is 1. The predicted molar refractivity (Wildman–Crippen MR) is 82.3 cm³/mol. The minimum absolute atomic E-state index is 0.0596. The Morgan fingerprint density at radius 1 is 1.11 bits per heavy atom. The molecule has 0 radical (unpaired) electrons. The summed E-state index contributed by atoms with van der Waals surface area (Å²) in [5.74, 6) is 0. The fraction of sp³-hybridized carbons (Fsp3) is 0.0769. The van der Waals surface area contributed by atoms with Crippen LogP contribution in [0.2, 0.25) is 0 Å². The van der Waals surface area contributed by atoms with E-state index in [0.717, 1.165) is 10.0 Å². The van der Waals surface area contributed by atoms with Crippen molar-refractivity contribution in [3.05, 3.63) is 67.1 Å². The van der Waals surface area contributed by atoms with Crippen molar-refractivity contribution in [2.45, 2.75) is 6.54 Å². The average molecular weight is 386 g/mol. The van der Waals surface area contributed by atoms with E-state index in [9.17, 15) is 10.1 Å². The minimum atomic E-state index is -0.395. The van der Waals surface area contributed by atoms with Gasteiger partial charge in [-0.2, -0.15) is 0 Å². The van der Waals surface area contributed by atoms with Crippen LogP contribution in [-0.4, -0.2) is 4.92 Å². The summed E-state index contributed by atoms with van der Waals surface area (Å²) in [7, 11) is 0. The second-order valence-electron chi connectivity index (χ2n) is 3.90. The van der Waals surface area contributed by atoms with Crippen LogP contribution in [0.4, 0.5) is 11.4 Å². The molecular formula is C13H10Br2N2O2. The van der Waals surface area contributed by atoms with E-state index >= 15 is 0 Å². The van der Waals surface area contributed by atoms with Gasteiger partial charge >= 0.3 is 0 Å². The van der Waals surface area contributed by atoms with E-state index < -0.39 is 4.92 Å². The van der Waals surface area contributed by atoms with Gasteiger partial charge in [0.15, 0.2) is 0 Å². The quantitative estimate of drug-likeness (QED) is 0.611. The van der Waals surface area contributed by atoms with Gasteiger partial charge in [-0.05, 0) is 29.8 Å². The Morgan fingerprint density at radius 3 is 2.53 bits per heavy atom. The van der Waals surface area contributed by atoms with E-state index in [1.165, 1.54) is 6.07 Å². The Labute approximate surface area is 127 Å². The van der Waals surface area contributed by atoms with Crippen molar-refractivity contribution >= 4 is 43.2 Å². The van der Waals surface area contributed by atoms with Gasteiger partial charge in [0.1, 0.15) is 5.69 Å². The molecule has 2 aromatic carbocycles. The summed E-state index contributed by atoms with van der Waals surface area (Å²) in [5, 5.41) is 14.1. The first-order valence-corrected chi connectivity index (χ1v) is 7.07. The van der Waals surface area contributed by atoms with Crippen molar-refractivity contribution in [3.63, 3.8) is 0 Å². The van der Waals surface area contributed by atoms with E-state index in [0.29, 0.717) is 16.7 Å². The summed E-state index contributed by atoms with van der Waals surface area (Å²) >= 11 is 6.63. The summed E-state index contributed by atoms with van der Waals surface area (Å²) < 4.78 is 1.67. The van der Waals surface area contributed by atoms with Gasteiger partial charge in [-0.3, -0.25) is 10.1 Å². The molecule has 1 N–H and O–H groups in total. The maximum absolute atomic E-state index is 11.0. The van der Waals surface area contributed by atoms with Crippen molar-refractivity contribution in [1.29, 1.82) is 0 Å². The van der Waals surface area contributed by atoms with Crippen molar-refractivity contribution in [3.8, 4) is 0 Å². The van der Waals surface area contributed by atoms with Crippen LogP contribution in [0.3, 0.4) is 0 Å². The molecule has 0 aliphatic heterocycles. The standard InChI is InChI=1S/C13H10Br2N2O2/c14-10-3-1-2-9(6-10)8-16-12-5-4-11(15)7-13(12)17(18)19/h1-7,16H,8H2. The smallest absolute Gasteiger partial charge is 0.293 e. The van der Waals surface area contributed by atoms with Crippen molar-refractivity contribution < 1.29 is 4.92 Å². The molecule has 4 nitrogen and oxygen atoms in total. The molecule has 0 unspecified atom stereocenters. The first kappa shape index (κ1) is 14.0. The van der Waals surface area contributed by atoms with Gasteiger partial charge in [0, 0.05) is 21.6 Å². The van der Waals surface area contributed by atoms with Crippen molar-refractivity contribution in [2.24, 2.45) is 0 Å². The first-order valence-electron chi connectivity index (χ1n) is 5.48. The largest absolute Gasteiger partial charge is 0.375 e. The number of hydrogen-bond donors (Lipinski definition) is 1. The number of hydrogen-bond acceptors (Lipinski definition) is 3. The van der Waals surface area contributed by atoms with Gasteiger partial charge in [-0.25, -0.2) is 0 Å². The second-order valence-corrected chi connectivity index (χ2v) is 5.73. The molecule has 98 valence electrons. The molecule has 0 heterocycles. The van der Waals surface area contributed by atoms with Crippen LogP contribution in [0.5, 0.6) is 0 Å². The first-order chi connectivity index (χ1) is 9.06. The van der Waals surface area contributed by atoms with Crippen molar-refractivity contribution in [2.75, 3.05) is 5.32 Å². The van der Waals surface area contributed by atoms with Gasteiger partial charge in [0.25, 0.3) is 5.69 Å².